The predicted molar refractivity (Wildman–Crippen MR) is 231 cm³/mol. The topological polar surface area (TPSA) is 87.3 Å². The number of anilines is 1. The van der Waals surface area contributed by atoms with Gasteiger partial charge in [-0.05, 0) is 96.1 Å². The van der Waals surface area contributed by atoms with E-state index in [1.165, 1.54) is 10.3 Å². The molecule has 3 aromatic heterocycles. The minimum Gasteiger partial charge on any atom is -0.456 e. The molecule has 1 amide bonds. The maximum atomic E-state index is 13.4. The van der Waals surface area contributed by atoms with Gasteiger partial charge in [0.05, 0.1) is 33.3 Å². The molecule has 0 saturated carbocycles. The molecular formula is C51H30N4O3. The Hall–Kier alpha value is -7.92. The summed E-state index contributed by atoms with van der Waals surface area (Å²) in [6.45, 7) is 0. The number of furan rings is 1. The lowest BCUT2D eigenvalue weighted by atomic mass is 10.0. The summed E-state index contributed by atoms with van der Waals surface area (Å²) >= 11 is 0. The Morgan fingerprint density at radius 1 is 0.517 bits per heavy atom. The molecule has 1 N–H and O–H groups in total. The van der Waals surface area contributed by atoms with Crippen molar-refractivity contribution in [3.05, 3.63) is 187 Å². The Kier molecular flexibility index (Phi) is 6.71. The second-order valence-electron chi connectivity index (χ2n) is 14.9. The fourth-order valence-electron chi connectivity index (χ4n) is 9.21. The van der Waals surface area contributed by atoms with E-state index in [1.807, 2.05) is 36.4 Å². The average Bonchev–Trinajstić information content (AvgIpc) is 3.99. The van der Waals surface area contributed by atoms with Gasteiger partial charge < -0.3 is 18.7 Å². The van der Waals surface area contributed by atoms with Crippen LogP contribution in [0.1, 0.15) is 27.7 Å². The van der Waals surface area contributed by atoms with Crippen LogP contribution in [0.15, 0.2) is 174 Å². The number of carbonyl (C=O) groups is 1. The van der Waals surface area contributed by atoms with Crippen molar-refractivity contribution in [2.75, 3.05) is 4.90 Å². The van der Waals surface area contributed by atoms with Crippen molar-refractivity contribution < 1.29 is 14.3 Å². The van der Waals surface area contributed by atoms with Gasteiger partial charge in [-0.1, -0.05) is 84.9 Å². The Morgan fingerprint density at radius 3 is 1.83 bits per heavy atom. The number of fused-ring (bicyclic) bond motifs is 10. The van der Waals surface area contributed by atoms with Gasteiger partial charge in [-0.3, -0.25) is 9.69 Å². The summed E-state index contributed by atoms with van der Waals surface area (Å²) in [5.74, 6) is -0.295. The highest BCUT2D eigenvalue weighted by Crippen LogP contribution is 2.41. The SMILES string of the molecule is N#Cc1cc(N2C(=O)c3ccccc3C2O)ccc1-n1c2ccccc2c2cc(-c3ccc4c(c3)c3ccccc3n4-c3ccc4oc5ccccc5c4c3)ccc21. The molecule has 1 atom stereocenters. The van der Waals surface area contributed by atoms with Crippen LogP contribution in [0.5, 0.6) is 0 Å². The largest absolute Gasteiger partial charge is 0.456 e. The van der Waals surface area contributed by atoms with Gasteiger partial charge in [0.15, 0.2) is 6.23 Å². The molecule has 8 aromatic carbocycles. The van der Waals surface area contributed by atoms with Crippen LogP contribution < -0.4 is 4.90 Å². The molecule has 272 valence electrons. The van der Waals surface area contributed by atoms with Crippen molar-refractivity contribution in [3.8, 4) is 28.6 Å². The minimum absolute atomic E-state index is 0.295. The van der Waals surface area contributed by atoms with E-state index in [-0.39, 0.29) is 5.91 Å². The minimum atomic E-state index is -1.13. The van der Waals surface area contributed by atoms with E-state index >= 15 is 0 Å². The molecule has 1 aliphatic heterocycles. The first-order chi connectivity index (χ1) is 28.6. The quantitative estimate of drug-likeness (QED) is 0.194. The molecule has 12 rings (SSSR count). The normalized spacial score (nSPS) is 14.1. The van der Waals surface area contributed by atoms with Crippen LogP contribution in [-0.4, -0.2) is 20.1 Å². The number of nitriles is 1. The molecule has 0 spiro atoms. The van der Waals surface area contributed by atoms with Crippen LogP contribution >= 0.6 is 0 Å². The molecule has 0 bridgehead atoms. The molecule has 0 saturated heterocycles. The maximum absolute atomic E-state index is 13.4. The van der Waals surface area contributed by atoms with E-state index in [0.717, 1.165) is 77.0 Å². The number of benzene rings is 8. The molecule has 0 fully saturated rings. The fraction of sp³-hybridized carbons (Fsp3) is 0.0196. The van der Waals surface area contributed by atoms with E-state index in [4.69, 9.17) is 4.42 Å². The van der Waals surface area contributed by atoms with Crippen LogP contribution in [0.4, 0.5) is 5.69 Å². The second-order valence-corrected chi connectivity index (χ2v) is 14.9. The van der Waals surface area contributed by atoms with Crippen molar-refractivity contribution in [1.29, 1.82) is 5.26 Å². The van der Waals surface area contributed by atoms with Crippen LogP contribution in [0, 0.1) is 11.3 Å². The third-order valence-electron chi connectivity index (χ3n) is 11.8. The Balaban J connectivity index is 0.982. The van der Waals surface area contributed by atoms with Crippen LogP contribution in [0.25, 0.3) is 88.1 Å². The molecule has 0 radical (unpaired) electrons. The first kappa shape index (κ1) is 32.3. The third kappa shape index (κ3) is 4.49. The molecule has 11 aromatic rings. The number of nitrogens with zero attached hydrogens (tertiary/aromatic N) is 4. The summed E-state index contributed by atoms with van der Waals surface area (Å²) in [6, 6.07) is 59.4. The lowest BCUT2D eigenvalue weighted by Crippen LogP contribution is -2.27. The van der Waals surface area contributed by atoms with Gasteiger partial charge in [0, 0.05) is 54.8 Å². The number of hydrogen-bond donors (Lipinski definition) is 1. The lowest BCUT2D eigenvalue weighted by Gasteiger charge is -2.22. The number of para-hydroxylation sites is 3. The van der Waals surface area contributed by atoms with Gasteiger partial charge in [-0.25, -0.2) is 0 Å². The molecule has 1 aliphatic rings. The first-order valence-electron chi connectivity index (χ1n) is 19.2. The van der Waals surface area contributed by atoms with Crippen LogP contribution in [0.2, 0.25) is 0 Å². The fourth-order valence-corrected chi connectivity index (χ4v) is 9.21. The van der Waals surface area contributed by atoms with Gasteiger partial charge in [0.2, 0.25) is 0 Å². The average molecular weight is 747 g/mol. The van der Waals surface area contributed by atoms with Crippen molar-refractivity contribution in [1.82, 2.24) is 9.13 Å². The highest BCUT2D eigenvalue weighted by molar-refractivity contribution is 6.14. The Morgan fingerprint density at radius 2 is 1.10 bits per heavy atom. The number of amides is 1. The van der Waals surface area contributed by atoms with E-state index in [0.29, 0.717) is 28.1 Å². The second kappa shape index (κ2) is 12.0. The van der Waals surface area contributed by atoms with E-state index in [2.05, 4.69) is 112 Å². The summed E-state index contributed by atoms with van der Waals surface area (Å²) in [6.07, 6.45) is -1.13. The third-order valence-corrected chi connectivity index (χ3v) is 11.8. The van der Waals surface area contributed by atoms with Gasteiger partial charge in [-0.2, -0.15) is 5.26 Å². The first-order valence-corrected chi connectivity index (χ1v) is 19.2. The smallest absolute Gasteiger partial charge is 0.261 e. The highest BCUT2D eigenvalue weighted by Gasteiger charge is 2.36. The Labute approximate surface area is 331 Å². The van der Waals surface area contributed by atoms with Gasteiger partial charge in [0.1, 0.15) is 17.2 Å². The van der Waals surface area contributed by atoms with E-state index in [1.54, 1.807) is 36.4 Å². The molecule has 7 nitrogen and oxygen atoms in total. The monoisotopic (exact) mass is 746 g/mol. The summed E-state index contributed by atoms with van der Waals surface area (Å²) in [4.78, 5) is 14.7. The van der Waals surface area contributed by atoms with Crippen LogP contribution in [0.3, 0.4) is 0 Å². The van der Waals surface area contributed by atoms with Crippen LogP contribution in [-0.2, 0) is 0 Å². The molecule has 58 heavy (non-hydrogen) atoms. The molecule has 4 heterocycles. The Bertz CT molecular complexity index is 3600. The predicted octanol–water partition coefficient (Wildman–Crippen LogP) is 12.0. The van der Waals surface area contributed by atoms with Crippen molar-refractivity contribution in [2.45, 2.75) is 6.23 Å². The number of aliphatic hydroxyl groups excluding tert-OH is 1. The van der Waals surface area contributed by atoms with Gasteiger partial charge >= 0.3 is 0 Å². The van der Waals surface area contributed by atoms with E-state index < -0.39 is 6.23 Å². The number of rotatable bonds is 4. The number of hydrogen-bond acceptors (Lipinski definition) is 4. The summed E-state index contributed by atoms with van der Waals surface area (Å²) in [5, 5.41) is 28.3. The summed E-state index contributed by atoms with van der Waals surface area (Å²) in [5.41, 5.74) is 11.7. The standard InChI is InChI=1S/C51H30N4O3/c52-29-32-25-33(54-50(56)38-12-1-2-13-39(38)51(54)57)19-23-43(32)55-45-15-7-4-10-36(45)41-27-31(18-22-47(41)55)30-17-21-46-40(26-30)35-9-3-6-14-44(35)53(46)34-20-24-49-42(28-34)37-11-5-8-16-48(37)58-49/h1-28,50,56H. The summed E-state index contributed by atoms with van der Waals surface area (Å²) < 4.78 is 10.6. The van der Waals surface area contributed by atoms with Gasteiger partial charge in [0.25, 0.3) is 5.91 Å². The summed E-state index contributed by atoms with van der Waals surface area (Å²) in [7, 11) is 0. The molecule has 1 unspecified atom stereocenters. The van der Waals surface area contributed by atoms with Crippen molar-refractivity contribution >= 4 is 77.1 Å². The lowest BCUT2D eigenvalue weighted by molar-refractivity contribution is 0.0935. The van der Waals surface area contributed by atoms with E-state index in [9.17, 15) is 15.2 Å². The van der Waals surface area contributed by atoms with Gasteiger partial charge in [-0.15, -0.1) is 0 Å². The number of aromatic nitrogens is 2. The number of aliphatic hydroxyl groups is 1. The molecule has 0 aliphatic carbocycles. The zero-order chi connectivity index (χ0) is 38.6. The molecule has 7 heteroatoms. The zero-order valence-corrected chi connectivity index (χ0v) is 30.8. The van der Waals surface area contributed by atoms with Crippen molar-refractivity contribution in [2.24, 2.45) is 0 Å². The zero-order valence-electron chi connectivity index (χ0n) is 30.8. The van der Waals surface area contributed by atoms with Crippen molar-refractivity contribution in [3.63, 3.8) is 0 Å². The number of carbonyl (C=O) groups excluding carboxylic acids is 1. The highest BCUT2D eigenvalue weighted by atomic mass is 16.3. The maximum Gasteiger partial charge on any atom is 0.261 e. The molecular weight excluding hydrogens is 717 g/mol.